The summed E-state index contributed by atoms with van der Waals surface area (Å²) in [4.78, 5) is 22.6. The Bertz CT molecular complexity index is 1270. The number of ether oxygens (including phenoxy) is 4. The number of carbonyl (C=O) groups is 1. The summed E-state index contributed by atoms with van der Waals surface area (Å²) in [6, 6.07) is 14.7. The van der Waals surface area contributed by atoms with E-state index in [0.717, 1.165) is 11.1 Å². The highest BCUT2D eigenvalue weighted by molar-refractivity contribution is 6.04. The van der Waals surface area contributed by atoms with Crippen molar-refractivity contribution in [3.05, 3.63) is 93.7 Å². The number of ketones is 1. The standard InChI is InChI=1S/C27H26N2O7/c1-33-24-12-7-18(5-6-19-16-25(34-2)27(36-4)26(17-19)35-3)15-22(24)28-14-13-23(30)20-8-10-21(11-9-20)29(31)32/h5-17,28H,1-4H3. The van der Waals surface area contributed by atoms with Gasteiger partial charge in [0.2, 0.25) is 5.75 Å². The van der Waals surface area contributed by atoms with Crippen LogP contribution in [0.5, 0.6) is 23.0 Å². The summed E-state index contributed by atoms with van der Waals surface area (Å²) in [7, 11) is 6.23. The van der Waals surface area contributed by atoms with E-state index >= 15 is 0 Å². The number of rotatable bonds is 11. The normalized spacial score (nSPS) is 10.9. The fraction of sp³-hybridized carbons (Fsp3) is 0.148. The van der Waals surface area contributed by atoms with Crippen molar-refractivity contribution in [2.45, 2.75) is 0 Å². The molecule has 0 fully saturated rings. The minimum Gasteiger partial charge on any atom is -0.495 e. The smallest absolute Gasteiger partial charge is 0.269 e. The van der Waals surface area contributed by atoms with Crippen LogP contribution in [0.3, 0.4) is 0 Å². The van der Waals surface area contributed by atoms with Crippen molar-refractivity contribution in [1.29, 1.82) is 0 Å². The number of non-ortho nitro benzene ring substituents is 1. The highest BCUT2D eigenvalue weighted by atomic mass is 16.6. The Kier molecular flexibility index (Phi) is 8.66. The lowest BCUT2D eigenvalue weighted by molar-refractivity contribution is -0.384. The maximum absolute atomic E-state index is 12.4. The predicted octanol–water partition coefficient (Wildman–Crippen LogP) is 5.61. The Morgan fingerprint density at radius 1 is 0.806 bits per heavy atom. The number of anilines is 1. The van der Waals surface area contributed by atoms with Gasteiger partial charge in [0.05, 0.1) is 39.0 Å². The minimum absolute atomic E-state index is 0.0743. The van der Waals surface area contributed by atoms with Gasteiger partial charge < -0.3 is 24.3 Å². The maximum atomic E-state index is 12.4. The van der Waals surface area contributed by atoms with E-state index in [1.54, 1.807) is 28.4 Å². The van der Waals surface area contributed by atoms with Crippen molar-refractivity contribution in [2.24, 2.45) is 0 Å². The van der Waals surface area contributed by atoms with Crippen molar-refractivity contribution in [1.82, 2.24) is 0 Å². The summed E-state index contributed by atoms with van der Waals surface area (Å²) in [5, 5.41) is 13.8. The van der Waals surface area contributed by atoms with E-state index in [-0.39, 0.29) is 11.5 Å². The molecule has 186 valence electrons. The summed E-state index contributed by atoms with van der Waals surface area (Å²) >= 11 is 0. The highest BCUT2D eigenvalue weighted by Gasteiger charge is 2.12. The molecule has 0 aliphatic heterocycles. The van der Waals surface area contributed by atoms with Gasteiger partial charge in [-0.1, -0.05) is 18.2 Å². The van der Waals surface area contributed by atoms with Gasteiger partial charge >= 0.3 is 0 Å². The first kappa shape index (κ1) is 25.8. The lowest BCUT2D eigenvalue weighted by Crippen LogP contribution is -1.98. The summed E-state index contributed by atoms with van der Waals surface area (Å²) in [6.45, 7) is 0. The number of nitrogens with one attached hydrogen (secondary N) is 1. The van der Waals surface area contributed by atoms with Crippen molar-refractivity contribution < 1.29 is 28.7 Å². The summed E-state index contributed by atoms with van der Waals surface area (Å²) < 4.78 is 21.6. The molecule has 3 aromatic rings. The Hall–Kier alpha value is -4.79. The largest absolute Gasteiger partial charge is 0.495 e. The van der Waals surface area contributed by atoms with E-state index in [1.165, 1.54) is 36.5 Å². The molecule has 0 unspecified atom stereocenters. The van der Waals surface area contributed by atoms with Crippen LogP contribution in [0.25, 0.3) is 12.2 Å². The molecule has 1 N–H and O–H groups in total. The number of nitrogens with zero attached hydrogens (tertiary/aromatic N) is 1. The second-order valence-electron chi connectivity index (χ2n) is 7.40. The van der Waals surface area contributed by atoms with E-state index in [2.05, 4.69) is 5.32 Å². The Balaban J connectivity index is 1.77. The van der Waals surface area contributed by atoms with E-state index in [0.29, 0.717) is 34.2 Å². The monoisotopic (exact) mass is 490 g/mol. The molecule has 9 nitrogen and oxygen atoms in total. The Labute approximate surface area is 208 Å². The van der Waals surface area contributed by atoms with Crippen LogP contribution in [-0.4, -0.2) is 39.1 Å². The summed E-state index contributed by atoms with van der Waals surface area (Å²) in [5.74, 6) is 1.91. The maximum Gasteiger partial charge on any atom is 0.269 e. The first-order chi connectivity index (χ1) is 17.4. The molecular formula is C27H26N2O7. The van der Waals surface area contributed by atoms with Gasteiger partial charge in [-0.2, -0.15) is 0 Å². The predicted molar refractivity (Wildman–Crippen MR) is 138 cm³/mol. The van der Waals surface area contributed by atoms with Crippen LogP contribution >= 0.6 is 0 Å². The van der Waals surface area contributed by atoms with Crippen molar-refractivity contribution in [3.63, 3.8) is 0 Å². The zero-order valence-corrected chi connectivity index (χ0v) is 20.3. The second kappa shape index (κ2) is 12.1. The van der Waals surface area contributed by atoms with E-state index in [4.69, 9.17) is 18.9 Å². The number of hydrogen-bond acceptors (Lipinski definition) is 8. The van der Waals surface area contributed by atoms with Gasteiger partial charge in [0.1, 0.15) is 5.75 Å². The fourth-order valence-electron chi connectivity index (χ4n) is 3.38. The SMILES string of the molecule is COc1ccc(C=Cc2cc(OC)c(OC)c(OC)c2)cc1NC=CC(=O)c1ccc([N+](=O)[O-])cc1. The molecule has 0 radical (unpaired) electrons. The molecule has 0 aliphatic rings. The average Bonchev–Trinajstić information content (AvgIpc) is 2.91. The third-order valence-electron chi connectivity index (χ3n) is 5.22. The molecule has 0 atom stereocenters. The van der Waals surface area contributed by atoms with Gasteiger partial charge in [0.25, 0.3) is 5.69 Å². The van der Waals surface area contributed by atoms with Crippen LogP contribution in [0.1, 0.15) is 21.5 Å². The highest BCUT2D eigenvalue weighted by Crippen LogP contribution is 2.38. The molecule has 9 heteroatoms. The van der Waals surface area contributed by atoms with E-state index in [9.17, 15) is 14.9 Å². The molecular weight excluding hydrogens is 464 g/mol. The lowest BCUT2D eigenvalue weighted by Gasteiger charge is -2.13. The van der Waals surface area contributed by atoms with Crippen LogP contribution in [0.2, 0.25) is 0 Å². The van der Waals surface area contributed by atoms with Crippen molar-refractivity contribution >= 4 is 29.3 Å². The quantitative estimate of drug-likeness (QED) is 0.121. The number of nitro benzene ring substituents is 1. The second-order valence-corrected chi connectivity index (χ2v) is 7.40. The number of hydrogen-bond donors (Lipinski definition) is 1. The van der Waals surface area contributed by atoms with Gasteiger partial charge in [-0.15, -0.1) is 0 Å². The van der Waals surface area contributed by atoms with Crippen molar-refractivity contribution in [2.75, 3.05) is 33.8 Å². The van der Waals surface area contributed by atoms with Crippen LogP contribution in [0.4, 0.5) is 11.4 Å². The van der Waals surface area contributed by atoms with Crippen LogP contribution in [0, 0.1) is 10.1 Å². The zero-order valence-electron chi connectivity index (χ0n) is 20.3. The van der Waals surface area contributed by atoms with Crippen molar-refractivity contribution in [3.8, 4) is 23.0 Å². The fourth-order valence-corrected chi connectivity index (χ4v) is 3.38. The topological polar surface area (TPSA) is 109 Å². The lowest BCUT2D eigenvalue weighted by atomic mass is 10.1. The molecule has 0 saturated heterocycles. The van der Waals surface area contributed by atoms with Crippen LogP contribution < -0.4 is 24.3 Å². The first-order valence-corrected chi connectivity index (χ1v) is 10.8. The van der Waals surface area contributed by atoms with Gasteiger partial charge in [-0.3, -0.25) is 14.9 Å². The minimum atomic E-state index is -0.513. The average molecular weight is 491 g/mol. The number of carbonyl (C=O) groups excluding carboxylic acids is 1. The Morgan fingerprint density at radius 3 is 1.97 bits per heavy atom. The van der Waals surface area contributed by atoms with Crippen LogP contribution in [-0.2, 0) is 0 Å². The molecule has 0 aliphatic carbocycles. The number of methoxy groups -OCH3 is 4. The molecule has 0 spiro atoms. The van der Waals surface area contributed by atoms with E-state index < -0.39 is 4.92 Å². The molecule has 0 amide bonds. The molecule has 36 heavy (non-hydrogen) atoms. The number of allylic oxidation sites excluding steroid dienone is 1. The molecule has 0 bridgehead atoms. The summed E-state index contributed by atoms with van der Waals surface area (Å²) in [5.41, 5.74) is 2.64. The molecule has 0 heterocycles. The molecule has 3 aromatic carbocycles. The van der Waals surface area contributed by atoms with E-state index in [1.807, 2.05) is 42.5 Å². The number of nitro groups is 1. The van der Waals surface area contributed by atoms with Gasteiger partial charge in [-0.25, -0.2) is 0 Å². The third-order valence-corrected chi connectivity index (χ3v) is 5.22. The molecule has 0 aromatic heterocycles. The summed E-state index contributed by atoms with van der Waals surface area (Å²) in [6.07, 6.45) is 6.66. The van der Waals surface area contributed by atoms with Gasteiger partial charge in [-0.05, 0) is 47.5 Å². The van der Waals surface area contributed by atoms with Crippen LogP contribution in [0.15, 0.2) is 66.9 Å². The molecule has 0 saturated carbocycles. The van der Waals surface area contributed by atoms with Gasteiger partial charge in [0, 0.05) is 30.0 Å². The number of benzene rings is 3. The van der Waals surface area contributed by atoms with Gasteiger partial charge in [0.15, 0.2) is 17.3 Å². The first-order valence-electron chi connectivity index (χ1n) is 10.8. The zero-order chi connectivity index (χ0) is 26.1. The molecule has 3 rings (SSSR count). The third kappa shape index (κ3) is 6.20. The Morgan fingerprint density at radius 2 is 1.42 bits per heavy atom.